The lowest BCUT2D eigenvalue weighted by Gasteiger charge is -2.20. The van der Waals surface area contributed by atoms with Gasteiger partial charge in [-0.2, -0.15) is 4.31 Å². The summed E-state index contributed by atoms with van der Waals surface area (Å²) >= 11 is 6.23. The van der Waals surface area contributed by atoms with Crippen molar-refractivity contribution < 1.29 is 13.2 Å². The standard InChI is InChI=1S/C23H25ClN4O3S/c24-22-10-9-20(32(30,31)28-12-3-1-2-4-13-28)15-21(22)23(29)26-16-18-5-7-19(8-6-18)27-14-11-25-17-27/h5-11,14-15,17H,1-4,12-13,16H2,(H,26,29). The Morgan fingerprint density at radius 1 is 1.03 bits per heavy atom. The van der Waals surface area contributed by atoms with Gasteiger partial charge in [0, 0.05) is 37.7 Å². The zero-order chi connectivity index (χ0) is 22.6. The molecule has 0 radical (unpaired) electrons. The van der Waals surface area contributed by atoms with E-state index in [2.05, 4.69) is 10.3 Å². The summed E-state index contributed by atoms with van der Waals surface area (Å²) in [5.41, 5.74) is 2.02. The van der Waals surface area contributed by atoms with E-state index in [9.17, 15) is 13.2 Å². The van der Waals surface area contributed by atoms with E-state index >= 15 is 0 Å². The summed E-state index contributed by atoms with van der Waals surface area (Å²) in [7, 11) is -3.66. The summed E-state index contributed by atoms with van der Waals surface area (Å²) < 4.78 is 29.6. The Kier molecular flexibility index (Phi) is 6.93. The molecule has 1 aliphatic heterocycles. The van der Waals surface area contributed by atoms with Gasteiger partial charge in [-0.3, -0.25) is 4.79 Å². The molecule has 2 heterocycles. The topological polar surface area (TPSA) is 84.3 Å². The van der Waals surface area contributed by atoms with Crippen molar-refractivity contribution in [2.24, 2.45) is 0 Å². The van der Waals surface area contributed by atoms with Gasteiger partial charge in [-0.05, 0) is 48.7 Å². The molecule has 168 valence electrons. The fraction of sp³-hybridized carbons (Fsp3) is 0.304. The fourth-order valence-electron chi connectivity index (χ4n) is 3.75. The van der Waals surface area contributed by atoms with E-state index in [1.165, 1.54) is 22.5 Å². The van der Waals surface area contributed by atoms with Crippen LogP contribution in [0.15, 0.2) is 66.1 Å². The van der Waals surface area contributed by atoms with Gasteiger partial charge in [0.1, 0.15) is 0 Å². The van der Waals surface area contributed by atoms with Crippen LogP contribution in [-0.2, 0) is 16.6 Å². The Balaban J connectivity index is 1.46. The monoisotopic (exact) mass is 472 g/mol. The minimum absolute atomic E-state index is 0.0960. The predicted molar refractivity (Wildman–Crippen MR) is 123 cm³/mol. The molecular weight excluding hydrogens is 448 g/mol. The lowest BCUT2D eigenvalue weighted by atomic mass is 10.1. The van der Waals surface area contributed by atoms with Crippen LogP contribution in [0, 0.1) is 0 Å². The van der Waals surface area contributed by atoms with Crippen LogP contribution in [0.1, 0.15) is 41.6 Å². The zero-order valence-corrected chi connectivity index (χ0v) is 19.1. The average molecular weight is 473 g/mol. The first-order chi connectivity index (χ1) is 15.4. The summed E-state index contributed by atoms with van der Waals surface area (Å²) in [6.07, 6.45) is 9.03. The van der Waals surface area contributed by atoms with Gasteiger partial charge in [0.2, 0.25) is 10.0 Å². The number of sulfonamides is 1. The van der Waals surface area contributed by atoms with E-state index in [0.29, 0.717) is 19.6 Å². The minimum Gasteiger partial charge on any atom is -0.348 e. The lowest BCUT2D eigenvalue weighted by Crippen LogP contribution is -2.32. The molecule has 3 aromatic rings. The molecule has 0 unspecified atom stereocenters. The first-order valence-corrected chi connectivity index (χ1v) is 12.4. The van der Waals surface area contributed by atoms with Crippen molar-refractivity contribution in [1.29, 1.82) is 0 Å². The van der Waals surface area contributed by atoms with Crippen LogP contribution in [-0.4, -0.2) is 41.3 Å². The van der Waals surface area contributed by atoms with Gasteiger partial charge >= 0.3 is 0 Å². The van der Waals surface area contributed by atoms with Crippen LogP contribution in [0.4, 0.5) is 0 Å². The SMILES string of the molecule is O=C(NCc1ccc(-n2ccnc2)cc1)c1cc(S(=O)(=O)N2CCCCCC2)ccc1Cl. The van der Waals surface area contributed by atoms with Crippen LogP contribution >= 0.6 is 11.6 Å². The third kappa shape index (κ3) is 5.03. The highest BCUT2D eigenvalue weighted by Gasteiger charge is 2.26. The molecule has 0 atom stereocenters. The number of carbonyl (C=O) groups is 1. The van der Waals surface area contributed by atoms with Gasteiger partial charge in [0.15, 0.2) is 0 Å². The third-order valence-corrected chi connectivity index (χ3v) is 7.80. The summed E-state index contributed by atoms with van der Waals surface area (Å²) in [4.78, 5) is 16.9. The highest BCUT2D eigenvalue weighted by molar-refractivity contribution is 7.89. The van der Waals surface area contributed by atoms with Crippen molar-refractivity contribution in [3.8, 4) is 5.69 Å². The van der Waals surface area contributed by atoms with Crippen LogP contribution in [0.3, 0.4) is 0 Å². The van der Waals surface area contributed by atoms with Crippen molar-refractivity contribution in [3.05, 3.63) is 77.3 Å². The van der Waals surface area contributed by atoms with E-state index in [0.717, 1.165) is 36.9 Å². The van der Waals surface area contributed by atoms with Crippen LogP contribution in [0.5, 0.6) is 0 Å². The molecule has 9 heteroatoms. The first kappa shape index (κ1) is 22.5. The van der Waals surface area contributed by atoms with Gasteiger partial charge in [0.25, 0.3) is 5.91 Å². The van der Waals surface area contributed by atoms with Crippen LogP contribution in [0.2, 0.25) is 5.02 Å². The van der Waals surface area contributed by atoms with Crippen molar-refractivity contribution in [3.63, 3.8) is 0 Å². The van der Waals surface area contributed by atoms with Gasteiger partial charge in [-0.25, -0.2) is 13.4 Å². The van der Waals surface area contributed by atoms with E-state index in [-0.39, 0.29) is 15.5 Å². The third-order valence-electron chi connectivity index (χ3n) is 5.58. The average Bonchev–Trinajstić information content (AvgIpc) is 3.19. The molecule has 0 bridgehead atoms. The predicted octanol–water partition coefficient (Wildman–Crippen LogP) is 4.02. The smallest absolute Gasteiger partial charge is 0.253 e. The molecule has 2 aromatic carbocycles. The number of hydrogen-bond acceptors (Lipinski definition) is 4. The van der Waals surface area contributed by atoms with Crippen molar-refractivity contribution in [1.82, 2.24) is 19.2 Å². The summed E-state index contributed by atoms with van der Waals surface area (Å²) in [6, 6.07) is 12.0. The minimum atomic E-state index is -3.66. The normalized spacial score (nSPS) is 15.3. The number of rotatable bonds is 6. The molecule has 4 rings (SSSR count). The quantitative estimate of drug-likeness (QED) is 0.587. The Bertz CT molecular complexity index is 1170. The molecule has 0 spiro atoms. The number of aromatic nitrogens is 2. The van der Waals surface area contributed by atoms with E-state index in [4.69, 9.17) is 11.6 Å². The van der Waals surface area contributed by atoms with E-state index < -0.39 is 15.9 Å². The highest BCUT2D eigenvalue weighted by Crippen LogP contribution is 2.25. The Hall–Kier alpha value is -2.68. The maximum atomic E-state index is 13.1. The number of benzene rings is 2. The fourth-order valence-corrected chi connectivity index (χ4v) is 5.49. The molecule has 32 heavy (non-hydrogen) atoms. The van der Waals surface area contributed by atoms with Crippen molar-refractivity contribution in [2.45, 2.75) is 37.1 Å². The van der Waals surface area contributed by atoms with Crippen molar-refractivity contribution >= 4 is 27.5 Å². The first-order valence-electron chi connectivity index (χ1n) is 10.6. The van der Waals surface area contributed by atoms with Crippen LogP contribution < -0.4 is 5.32 Å². The molecule has 0 saturated carbocycles. The number of nitrogens with one attached hydrogen (secondary N) is 1. The van der Waals surface area contributed by atoms with Gasteiger partial charge < -0.3 is 9.88 Å². The van der Waals surface area contributed by atoms with E-state index in [1.807, 2.05) is 35.0 Å². The zero-order valence-electron chi connectivity index (χ0n) is 17.6. The van der Waals surface area contributed by atoms with E-state index in [1.54, 1.807) is 12.5 Å². The molecule has 0 aliphatic carbocycles. The van der Waals surface area contributed by atoms with Gasteiger partial charge in [-0.15, -0.1) is 0 Å². The molecule has 1 aliphatic rings. The summed E-state index contributed by atoms with van der Waals surface area (Å²) in [5, 5.41) is 3.04. The molecule has 1 fully saturated rings. The maximum Gasteiger partial charge on any atom is 0.253 e. The van der Waals surface area contributed by atoms with Gasteiger partial charge in [0.05, 0.1) is 21.8 Å². The second-order valence-electron chi connectivity index (χ2n) is 7.78. The molecule has 1 N–H and O–H groups in total. The van der Waals surface area contributed by atoms with Crippen molar-refractivity contribution in [2.75, 3.05) is 13.1 Å². The largest absolute Gasteiger partial charge is 0.348 e. The molecular formula is C23H25ClN4O3S. The number of imidazole rings is 1. The number of amides is 1. The number of nitrogens with zero attached hydrogens (tertiary/aromatic N) is 3. The summed E-state index contributed by atoms with van der Waals surface area (Å²) in [6.45, 7) is 1.30. The second kappa shape index (κ2) is 9.85. The Morgan fingerprint density at radius 2 is 1.75 bits per heavy atom. The molecule has 1 aromatic heterocycles. The number of carbonyl (C=O) groups excluding carboxylic acids is 1. The maximum absolute atomic E-state index is 13.1. The molecule has 1 saturated heterocycles. The van der Waals surface area contributed by atoms with Gasteiger partial charge in [-0.1, -0.05) is 36.6 Å². The Labute approximate surface area is 193 Å². The van der Waals surface area contributed by atoms with Crippen LogP contribution in [0.25, 0.3) is 5.69 Å². The second-order valence-corrected chi connectivity index (χ2v) is 10.1. The highest BCUT2D eigenvalue weighted by atomic mass is 35.5. The summed E-state index contributed by atoms with van der Waals surface area (Å²) in [5.74, 6) is -0.415. The number of hydrogen-bond donors (Lipinski definition) is 1. The lowest BCUT2D eigenvalue weighted by molar-refractivity contribution is 0.0951. The Morgan fingerprint density at radius 3 is 2.41 bits per heavy atom. The number of halogens is 1. The molecule has 1 amide bonds. The molecule has 7 nitrogen and oxygen atoms in total.